The number of aliphatic hydroxyl groups is 1. The van der Waals surface area contributed by atoms with E-state index in [1.54, 1.807) is 6.08 Å². The van der Waals surface area contributed by atoms with Crippen LogP contribution >= 0.6 is 15.9 Å². The minimum absolute atomic E-state index is 0.0282. The molecular formula is C19H27BrO5. The van der Waals surface area contributed by atoms with Gasteiger partial charge in [0, 0.05) is 10.9 Å². The first-order valence-corrected chi connectivity index (χ1v) is 9.39. The standard InChI is InChI=1S/C19H27BrO5/c1-13(20)7-6-10-15(21)9-5-3-4-8-14-11-16(22)12-17(25-2)18(14)19(23)24/h4,8,11-13,15,21-22H,3,5-7,9-10H2,1-2H3,(H,23,24)/b8-4+/t13?,15-/m1/s1. The van der Waals surface area contributed by atoms with Gasteiger partial charge in [-0.1, -0.05) is 35.0 Å². The molecule has 1 aromatic carbocycles. The number of methoxy groups -OCH3 is 1. The van der Waals surface area contributed by atoms with Crippen molar-refractivity contribution in [2.75, 3.05) is 7.11 Å². The largest absolute Gasteiger partial charge is 0.508 e. The first kappa shape index (κ1) is 21.5. The number of hydrogen-bond donors (Lipinski definition) is 3. The summed E-state index contributed by atoms with van der Waals surface area (Å²) >= 11 is 3.49. The van der Waals surface area contributed by atoms with E-state index in [1.807, 2.05) is 6.08 Å². The quantitative estimate of drug-likeness (QED) is 0.363. The molecule has 140 valence electrons. The van der Waals surface area contributed by atoms with Crippen molar-refractivity contribution in [3.63, 3.8) is 0 Å². The smallest absolute Gasteiger partial charge is 0.340 e. The van der Waals surface area contributed by atoms with Crippen LogP contribution in [0.25, 0.3) is 6.08 Å². The molecule has 1 rings (SSSR count). The molecule has 0 spiro atoms. The monoisotopic (exact) mass is 414 g/mol. The summed E-state index contributed by atoms with van der Waals surface area (Å²) in [5.41, 5.74) is 0.427. The molecule has 1 aromatic rings. The fourth-order valence-corrected chi connectivity index (χ4v) is 2.93. The van der Waals surface area contributed by atoms with E-state index < -0.39 is 5.97 Å². The van der Waals surface area contributed by atoms with E-state index in [4.69, 9.17) is 4.74 Å². The lowest BCUT2D eigenvalue weighted by Crippen LogP contribution is -2.06. The number of benzene rings is 1. The van der Waals surface area contributed by atoms with Crippen molar-refractivity contribution in [3.8, 4) is 11.5 Å². The van der Waals surface area contributed by atoms with Crippen molar-refractivity contribution < 1.29 is 24.9 Å². The number of carboxylic acids is 1. The summed E-state index contributed by atoms with van der Waals surface area (Å²) in [7, 11) is 1.37. The van der Waals surface area contributed by atoms with Gasteiger partial charge < -0.3 is 20.1 Å². The predicted molar refractivity (Wildman–Crippen MR) is 103 cm³/mol. The van der Waals surface area contributed by atoms with Crippen LogP contribution in [0.3, 0.4) is 0 Å². The number of aromatic carboxylic acids is 1. The van der Waals surface area contributed by atoms with E-state index in [2.05, 4.69) is 22.9 Å². The van der Waals surface area contributed by atoms with Crippen LogP contribution in [0, 0.1) is 0 Å². The highest BCUT2D eigenvalue weighted by atomic mass is 79.9. The van der Waals surface area contributed by atoms with E-state index in [0.717, 1.165) is 38.5 Å². The van der Waals surface area contributed by atoms with Crippen LogP contribution in [0.1, 0.15) is 61.4 Å². The van der Waals surface area contributed by atoms with Crippen molar-refractivity contribution in [2.45, 2.75) is 56.4 Å². The lowest BCUT2D eigenvalue weighted by atomic mass is 10.0. The molecule has 6 heteroatoms. The maximum Gasteiger partial charge on any atom is 0.340 e. The summed E-state index contributed by atoms with van der Waals surface area (Å²) in [6, 6.07) is 2.68. The number of carbonyl (C=O) groups is 1. The van der Waals surface area contributed by atoms with Crippen molar-refractivity contribution in [1.29, 1.82) is 0 Å². The Morgan fingerprint density at radius 2 is 1.96 bits per heavy atom. The molecule has 0 radical (unpaired) electrons. The number of carboxylic acid groups (broad SMARTS) is 1. The van der Waals surface area contributed by atoms with Gasteiger partial charge in [0.1, 0.15) is 17.1 Å². The zero-order valence-corrected chi connectivity index (χ0v) is 16.3. The van der Waals surface area contributed by atoms with Crippen LogP contribution in [-0.2, 0) is 0 Å². The second-order valence-electron chi connectivity index (χ2n) is 6.12. The summed E-state index contributed by atoms with van der Waals surface area (Å²) in [6.45, 7) is 2.10. The molecule has 0 aliphatic carbocycles. The van der Waals surface area contributed by atoms with Gasteiger partial charge in [0.15, 0.2) is 0 Å². The third kappa shape index (κ3) is 7.92. The van der Waals surface area contributed by atoms with Crippen LogP contribution in [0.4, 0.5) is 0 Å². The number of hydrogen-bond acceptors (Lipinski definition) is 4. The van der Waals surface area contributed by atoms with Gasteiger partial charge in [-0.2, -0.15) is 0 Å². The number of aromatic hydroxyl groups is 1. The normalized spacial score (nSPS) is 13.8. The molecule has 0 saturated heterocycles. The molecule has 0 aliphatic heterocycles. The number of rotatable bonds is 11. The van der Waals surface area contributed by atoms with Crippen LogP contribution in [0.2, 0.25) is 0 Å². The second kappa shape index (κ2) is 11.2. The predicted octanol–water partition coefficient (Wildman–Crippen LogP) is 4.60. The Balaban J connectivity index is 2.54. The second-order valence-corrected chi connectivity index (χ2v) is 7.68. The van der Waals surface area contributed by atoms with Crippen molar-refractivity contribution in [1.82, 2.24) is 0 Å². The van der Waals surface area contributed by atoms with E-state index >= 15 is 0 Å². The topological polar surface area (TPSA) is 87.0 Å². The molecule has 0 saturated carbocycles. The van der Waals surface area contributed by atoms with Gasteiger partial charge in [0.05, 0.1) is 13.2 Å². The minimum Gasteiger partial charge on any atom is -0.508 e. The summed E-state index contributed by atoms with van der Waals surface area (Å²) in [5, 5.41) is 29.0. The van der Waals surface area contributed by atoms with E-state index in [0.29, 0.717) is 10.4 Å². The summed E-state index contributed by atoms with van der Waals surface area (Å²) in [6.07, 6.45) is 8.34. The number of phenols is 1. The maximum absolute atomic E-state index is 11.4. The zero-order valence-electron chi connectivity index (χ0n) is 14.7. The number of unbranched alkanes of at least 4 members (excludes halogenated alkanes) is 1. The molecule has 0 aliphatic rings. The summed E-state index contributed by atoms with van der Waals surface area (Å²) < 4.78 is 5.03. The van der Waals surface area contributed by atoms with Gasteiger partial charge in [0.25, 0.3) is 0 Å². The van der Waals surface area contributed by atoms with Crippen LogP contribution in [-0.4, -0.2) is 39.3 Å². The highest BCUT2D eigenvalue weighted by molar-refractivity contribution is 9.09. The molecule has 0 fully saturated rings. The molecule has 2 atom stereocenters. The van der Waals surface area contributed by atoms with Gasteiger partial charge >= 0.3 is 5.97 Å². The highest BCUT2D eigenvalue weighted by Gasteiger charge is 2.16. The number of phenolic OH excluding ortho intramolecular Hbond substituents is 1. The van der Waals surface area contributed by atoms with Gasteiger partial charge in [-0.3, -0.25) is 0 Å². The number of aliphatic hydroxyl groups excluding tert-OH is 1. The number of ether oxygens (including phenoxy) is 1. The zero-order chi connectivity index (χ0) is 18.8. The van der Waals surface area contributed by atoms with E-state index in [1.165, 1.54) is 19.2 Å². The molecule has 0 amide bonds. The summed E-state index contributed by atoms with van der Waals surface area (Å²) in [5.74, 6) is -1.02. The van der Waals surface area contributed by atoms with Crippen LogP contribution < -0.4 is 4.74 Å². The van der Waals surface area contributed by atoms with E-state index in [9.17, 15) is 20.1 Å². The number of alkyl halides is 1. The average Bonchev–Trinajstić information content (AvgIpc) is 2.53. The molecule has 0 aromatic heterocycles. The van der Waals surface area contributed by atoms with Gasteiger partial charge in [-0.15, -0.1) is 0 Å². The first-order valence-electron chi connectivity index (χ1n) is 8.48. The Morgan fingerprint density at radius 1 is 1.28 bits per heavy atom. The maximum atomic E-state index is 11.4. The lowest BCUT2D eigenvalue weighted by molar-refractivity contribution is 0.0693. The van der Waals surface area contributed by atoms with E-state index in [-0.39, 0.29) is 23.2 Å². The molecule has 1 unspecified atom stereocenters. The first-order chi connectivity index (χ1) is 11.8. The minimum atomic E-state index is -1.10. The average molecular weight is 415 g/mol. The third-order valence-electron chi connectivity index (χ3n) is 3.90. The Bertz CT molecular complexity index is 583. The molecule has 0 heterocycles. The van der Waals surface area contributed by atoms with Gasteiger partial charge in [-0.05, 0) is 50.2 Å². The summed E-state index contributed by atoms with van der Waals surface area (Å²) in [4.78, 5) is 11.9. The molecular weight excluding hydrogens is 388 g/mol. The van der Waals surface area contributed by atoms with Crippen molar-refractivity contribution in [2.24, 2.45) is 0 Å². The molecule has 5 nitrogen and oxygen atoms in total. The third-order valence-corrected chi connectivity index (χ3v) is 4.35. The lowest BCUT2D eigenvalue weighted by Gasteiger charge is -2.10. The van der Waals surface area contributed by atoms with Gasteiger partial charge in [-0.25, -0.2) is 4.79 Å². The Hall–Kier alpha value is -1.53. The molecule has 3 N–H and O–H groups in total. The van der Waals surface area contributed by atoms with Crippen LogP contribution in [0.15, 0.2) is 18.2 Å². The fraction of sp³-hybridized carbons (Fsp3) is 0.526. The Kier molecular flexibility index (Phi) is 9.60. The Morgan fingerprint density at radius 3 is 2.56 bits per heavy atom. The highest BCUT2D eigenvalue weighted by Crippen LogP contribution is 2.29. The SMILES string of the molecule is COc1cc(O)cc(/C=C/CCC[C@@H](O)CCCC(C)Br)c1C(=O)O. The van der Waals surface area contributed by atoms with Crippen molar-refractivity contribution in [3.05, 3.63) is 29.3 Å². The van der Waals surface area contributed by atoms with Crippen LogP contribution in [0.5, 0.6) is 11.5 Å². The van der Waals surface area contributed by atoms with Gasteiger partial charge in [0.2, 0.25) is 0 Å². The number of allylic oxidation sites excluding steroid dienone is 1. The Labute approximate surface area is 157 Å². The molecule has 25 heavy (non-hydrogen) atoms. The fourth-order valence-electron chi connectivity index (χ4n) is 2.60. The molecule has 0 bridgehead atoms. The number of halogens is 1. The van der Waals surface area contributed by atoms with Crippen molar-refractivity contribution >= 4 is 28.0 Å².